The normalized spacial score (nSPS) is 24.8. The second kappa shape index (κ2) is 8.85. The zero-order chi connectivity index (χ0) is 16.0. The third kappa shape index (κ3) is 5.19. The van der Waals surface area contributed by atoms with Crippen molar-refractivity contribution in [2.75, 3.05) is 19.6 Å². The van der Waals surface area contributed by atoms with Crippen molar-refractivity contribution in [1.29, 1.82) is 0 Å². The smallest absolute Gasteiger partial charge is 0.0873 e. The molecular formula is C21H39N2. The Morgan fingerprint density at radius 1 is 0.870 bits per heavy atom. The maximum absolute atomic E-state index is 5.34. The van der Waals surface area contributed by atoms with Gasteiger partial charge in [0.05, 0.1) is 5.66 Å². The Morgan fingerprint density at radius 3 is 2.22 bits per heavy atom. The topological polar surface area (TPSA) is 17.3 Å². The van der Waals surface area contributed by atoms with E-state index >= 15 is 0 Å². The molecule has 0 amide bonds. The van der Waals surface area contributed by atoms with E-state index < -0.39 is 0 Å². The van der Waals surface area contributed by atoms with Crippen molar-refractivity contribution in [2.45, 2.75) is 102 Å². The fourth-order valence-corrected chi connectivity index (χ4v) is 5.02. The molecule has 0 aromatic rings. The molecule has 0 aliphatic heterocycles. The summed E-state index contributed by atoms with van der Waals surface area (Å²) in [6.45, 7) is 6.04. The number of hydrogen-bond donors (Lipinski definition) is 0. The average molecular weight is 320 g/mol. The van der Waals surface area contributed by atoms with E-state index in [9.17, 15) is 0 Å². The van der Waals surface area contributed by atoms with Crippen LogP contribution in [0.2, 0.25) is 0 Å². The first kappa shape index (κ1) is 17.7. The van der Waals surface area contributed by atoms with Gasteiger partial charge in [0.1, 0.15) is 0 Å². The van der Waals surface area contributed by atoms with Gasteiger partial charge in [-0.3, -0.25) is 4.90 Å². The fourth-order valence-electron chi connectivity index (χ4n) is 5.02. The Bertz CT molecular complexity index is 325. The largest absolute Gasteiger partial charge is 0.284 e. The minimum atomic E-state index is 0.234. The summed E-state index contributed by atoms with van der Waals surface area (Å²) in [5.41, 5.74) is 0.234. The Morgan fingerprint density at radius 2 is 1.57 bits per heavy atom. The fraction of sp³-hybridized carbons (Fsp3) is 1.00. The Labute approximate surface area is 144 Å². The minimum absolute atomic E-state index is 0.234. The van der Waals surface area contributed by atoms with Crippen LogP contribution in [0.3, 0.4) is 0 Å². The van der Waals surface area contributed by atoms with Crippen molar-refractivity contribution in [3.05, 3.63) is 0 Å². The molecule has 0 bridgehead atoms. The van der Waals surface area contributed by atoms with Crippen LogP contribution in [0.5, 0.6) is 0 Å². The highest BCUT2D eigenvalue weighted by Crippen LogP contribution is 2.37. The lowest BCUT2D eigenvalue weighted by molar-refractivity contribution is 0.0493. The van der Waals surface area contributed by atoms with E-state index in [1.807, 2.05) is 0 Å². The SMILES string of the molecule is CCCN(CCC1CCCC1)C1([N]CCCC2CC2)CCCC1. The molecule has 0 spiro atoms. The van der Waals surface area contributed by atoms with E-state index in [1.54, 1.807) is 0 Å². The molecule has 0 aromatic carbocycles. The number of rotatable bonds is 11. The van der Waals surface area contributed by atoms with Crippen molar-refractivity contribution < 1.29 is 0 Å². The van der Waals surface area contributed by atoms with Crippen LogP contribution in [-0.2, 0) is 0 Å². The Kier molecular flexibility index (Phi) is 6.83. The Hall–Kier alpha value is -0.0800. The Balaban J connectivity index is 1.50. The van der Waals surface area contributed by atoms with Crippen LogP contribution in [-0.4, -0.2) is 30.2 Å². The van der Waals surface area contributed by atoms with Crippen LogP contribution < -0.4 is 5.32 Å². The maximum Gasteiger partial charge on any atom is 0.0873 e. The molecule has 0 saturated heterocycles. The van der Waals surface area contributed by atoms with Gasteiger partial charge >= 0.3 is 0 Å². The molecule has 0 atom stereocenters. The predicted octanol–water partition coefficient (Wildman–Crippen LogP) is 5.34. The summed E-state index contributed by atoms with van der Waals surface area (Å²) in [6, 6.07) is 0. The molecular weight excluding hydrogens is 280 g/mol. The molecule has 0 N–H and O–H groups in total. The second-order valence-electron chi connectivity index (χ2n) is 8.58. The van der Waals surface area contributed by atoms with Gasteiger partial charge in [-0.1, -0.05) is 58.3 Å². The first-order valence-corrected chi connectivity index (χ1v) is 10.8. The first-order chi connectivity index (χ1) is 11.3. The standard InChI is InChI=1S/C21H39N2/c1-2-17-23(18-13-19-8-3-4-9-19)21(14-5-6-15-21)22-16-7-10-20-11-12-20/h19-20H,2-18H2,1H3. The summed E-state index contributed by atoms with van der Waals surface area (Å²) >= 11 is 0. The molecule has 3 aliphatic carbocycles. The van der Waals surface area contributed by atoms with Gasteiger partial charge in [-0.05, 0) is 56.9 Å². The van der Waals surface area contributed by atoms with Gasteiger partial charge in [-0.25, -0.2) is 5.32 Å². The highest BCUT2D eigenvalue weighted by atomic mass is 15.3. The minimum Gasteiger partial charge on any atom is -0.284 e. The molecule has 2 heteroatoms. The first-order valence-electron chi connectivity index (χ1n) is 10.8. The number of nitrogens with zero attached hydrogens (tertiary/aromatic N) is 2. The van der Waals surface area contributed by atoms with Crippen LogP contribution in [0.4, 0.5) is 0 Å². The molecule has 3 aliphatic rings. The van der Waals surface area contributed by atoms with Gasteiger partial charge in [-0.2, -0.15) is 0 Å². The molecule has 133 valence electrons. The van der Waals surface area contributed by atoms with E-state index in [4.69, 9.17) is 5.32 Å². The van der Waals surface area contributed by atoms with E-state index in [2.05, 4.69) is 11.8 Å². The lowest BCUT2D eigenvalue weighted by atomic mass is 10.00. The average Bonchev–Trinajstić information content (AvgIpc) is 3.03. The van der Waals surface area contributed by atoms with Crippen LogP contribution in [0.25, 0.3) is 0 Å². The van der Waals surface area contributed by atoms with Gasteiger partial charge in [0.25, 0.3) is 0 Å². The highest BCUT2D eigenvalue weighted by molar-refractivity contribution is 4.93. The van der Waals surface area contributed by atoms with Gasteiger partial charge < -0.3 is 0 Å². The predicted molar refractivity (Wildman–Crippen MR) is 98.6 cm³/mol. The summed E-state index contributed by atoms with van der Waals surface area (Å²) in [7, 11) is 0. The summed E-state index contributed by atoms with van der Waals surface area (Å²) in [5.74, 6) is 2.08. The van der Waals surface area contributed by atoms with Crippen LogP contribution in [0.15, 0.2) is 0 Å². The molecule has 0 heterocycles. The van der Waals surface area contributed by atoms with Crippen molar-refractivity contribution >= 4 is 0 Å². The summed E-state index contributed by atoms with van der Waals surface area (Å²) in [6.07, 6.45) is 19.9. The van der Waals surface area contributed by atoms with E-state index in [0.717, 1.165) is 18.4 Å². The summed E-state index contributed by atoms with van der Waals surface area (Å²) in [4.78, 5) is 2.81. The lowest BCUT2D eigenvalue weighted by Gasteiger charge is -2.41. The molecule has 0 aromatic heterocycles. The van der Waals surface area contributed by atoms with E-state index in [-0.39, 0.29) is 5.66 Å². The molecule has 23 heavy (non-hydrogen) atoms. The zero-order valence-electron chi connectivity index (χ0n) is 15.6. The summed E-state index contributed by atoms with van der Waals surface area (Å²) in [5, 5.41) is 5.34. The molecule has 3 fully saturated rings. The van der Waals surface area contributed by atoms with E-state index in [0.29, 0.717) is 0 Å². The molecule has 0 unspecified atom stereocenters. The van der Waals surface area contributed by atoms with Crippen LogP contribution in [0, 0.1) is 11.8 Å². The van der Waals surface area contributed by atoms with E-state index in [1.165, 1.54) is 103 Å². The third-order valence-electron chi connectivity index (χ3n) is 6.64. The second-order valence-corrected chi connectivity index (χ2v) is 8.58. The van der Waals surface area contributed by atoms with Gasteiger partial charge in [-0.15, -0.1) is 0 Å². The van der Waals surface area contributed by atoms with Crippen molar-refractivity contribution in [3.63, 3.8) is 0 Å². The van der Waals surface area contributed by atoms with Crippen LogP contribution >= 0.6 is 0 Å². The monoisotopic (exact) mass is 319 g/mol. The maximum atomic E-state index is 5.34. The lowest BCUT2D eigenvalue weighted by Crippen LogP contribution is -2.54. The summed E-state index contributed by atoms with van der Waals surface area (Å²) < 4.78 is 0. The van der Waals surface area contributed by atoms with Gasteiger partial charge in [0, 0.05) is 13.1 Å². The van der Waals surface area contributed by atoms with Gasteiger partial charge in [0.2, 0.25) is 0 Å². The molecule has 1 radical (unpaired) electrons. The molecule has 3 rings (SSSR count). The van der Waals surface area contributed by atoms with Crippen LogP contribution in [0.1, 0.15) is 96.8 Å². The molecule has 2 nitrogen and oxygen atoms in total. The molecule has 3 saturated carbocycles. The zero-order valence-corrected chi connectivity index (χ0v) is 15.6. The van der Waals surface area contributed by atoms with Gasteiger partial charge in [0.15, 0.2) is 0 Å². The highest BCUT2D eigenvalue weighted by Gasteiger charge is 2.39. The van der Waals surface area contributed by atoms with Crippen molar-refractivity contribution in [3.8, 4) is 0 Å². The van der Waals surface area contributed by atoms with Crippen molar-refractivity contribution in [1.82, 2.24) is 10.2 Å². The van der Waals surface area contributed by atoms with Crippen molar-refractivity contribution in [2.24, 2.45) is 11.8 Å². The quantitative estimate of drug-likeness (QED) is 0.470. The third-order valence-corrected chi connectivity index (χ3v) is 6.64. The number of hydrogen-bond acceptors (Lipinski definition) is 1.